The Bertz CT molecular complexity index is 799. The SMILES string of the molecule is CC(=O)N1CCN(C(=O)C2CCN(S(=O)(=O)c3c(C)n[nH]c3C)CC2)CC1. The Morgan fingerprint density at radius 1 is 1.00 bits per heavy atom. The number of aromatic nitrogens is 2. The van der Waals surface area contributed by atoms with Crippen LogP contribution in [0.4, 0.5) is 0 Å². The highest BCUT2D eigenvalue weighted by molar-refractivity contribution is 7.89. The van der Waals surface area contributed by atoms with Gasteiger partial charge in [0.1, 0.15) is 4.90 Å². The van der Waals surface area contributed by atoms with Crippen LogP contribution in [0, 0.1) is 19.8 Å². The third-order valence-corrected chi connectivity index (χ3v) is 7.66. The van der Waals surface area contributed by atoms with E-state index in [-0.39, 0.29) is 22.6 Å². The lowest BCUT2D eigenvalue weighted by Crippen LogP contribution is -2.52. The van der Waals surface area contributed by atoms with Crippen LogP contribution in [-0.4, -0.2) is 83.8 Å². The fourth-order valence-electron chi connectivity index (χ4n) is 3.89. The van der Waals surface area contributed by atoms with Crippen LogP contribution in [0.3, 0.4) is 0 Å². The van der Waals surface area contributed by atoms with Gasteiger partial charge in [0.25, 0.3) is 0 Å². The first-order chi connectivity index (χ1) is 12.7. The van der Waals surface area contributed by atoms with E-state index in [0.29, 0.717) is 63.5 Å². The van der Waals surface area contributed by atoms with Crippen LogP contribution < -0.4 is 0 Å². The predicted molar refractivity (Wildman–Crippen MR) is 98.4 cm³/mol. The molecule has 3 rings (SSSR count). The minimum Gasteiger partial charge on any atom is -0.339 e. The Labute approximate surface area is 159 Å². The molecule has 2 amide bonds. The second kappa shape index (κ2) is 7.59. The van der Waals surface area contributed by atoms with E-state index in [1.54, 1.807) is 23.6 Å². The number of aromatic amines is 1. The normalized spacial score (nSPS) is 20.1. The summed E-state index contributed by atoms with van der Waals surface area (Å²) in [5, 5.41) is 6.70. The summed E-state index contributed by atoms with van der Waals surface area (Å²) in [6.45, 7) is 7.79. The number of rotatable bonds is 3. The van der Waals surface area contributed by atoms with E-state index in [9.17, 15) is 18.0 Å². The number of sulfonamides is 1. The molecule has 0 unspecified atom stereocenters. The van der Waals surface area contributed by atoms with Gasteiger partial charge in [0.2, 0.25) is 21.8 Å². The third-order valence-electron chi connectivity index (χ3n) is 5.50. The molecule has 27 heavy (non-hydrogen) atoms. The number of piperidine rings is 1. The van der Waals surface area contributed by atoms with Gasteiger partial charge in [0.05, 0.1) is 11.4 Å². The predicted octanol–water partition coefficient (Wildman–Crippen LogP) is 0.118. The second-order valence-corrected chi connectivity index (χ2v) is 9.15. The van der Waals surface area contributed by atoms with E-state index in [1.165, 1.54) is 11.2 Å². The molecular weight excluding hydrogens is 370 g/mol. The molecule has 150 valence electrons. The van der Waals surface area contributed by atoms with Crippen LogP contribution in [0.5, 0.6) is 0 Å². The molecule has 0 atom stereocenters. The van der Waals surface area contributed by atoms with Crippen molar-refractivity contribution in [1.29, 1.82) is 0 Å². The van der Waals surface area contributed by atoms with Crippen LogP contribution >= 0.6 is 0 Å². The molecule has 2 aliphatic rings. The molecule has 0 saturated carbocycles. The Morgan fingerprint density at radius 2 is 1.56 bits per heavy atom. The lowest BCUT2D eigenvalue weighted by Gasteiger charge is -2.38. The van der Waals surface area contributed by atoms with Crippen molar-refractivity contribution in [3.05, 3.63) is 11.4 Å². The van der Waals surface area contributed by atoms with Gasteiger partial charge in [-0.05, 0) is 26.7 Å². The summed E-state index contributed by atoms with van der Waals surface area (Å²) in [4.78, 5) is 28.0. The fraction of sp³-hybridized carbons (Fsp3) is 0.706. The number of aryl methyl sites for hydroxylation is 2. The van der Waals surface area contributed by atoms with Gasteiger partial charge in [-0.15, -0.1) is 0 Å². The topological polar surface area (TPSA) is 107 Å². The lowest BCUT2D eigenvalue weighted by atomic mass is 9.96. The van der Waals surface area contributed by atoms with Crippen molar-refractivity contribution in [3.63, 3.8) is 0 Å². The van der Waals surface area contributed by atoms with Gasteiger partial charge in [0.15, 0.2) is 0 Å². The number of nitrogens with zero attached hydrogens (tertiary/aromatic N) is 4. The van der Waals surface area contributed by atoms with E-state index in [0.717, 1.165) is 0 Å². The van der Waals surface area contributed by atoms with Gasteiger partial charge < -0.3 is 9.80 Å². The Balaban J connectivity index is 1.59. The molecule has 10 heteroatoms. The van der Waals surface area contributed by atoms with Gasteiger partial charge in [0, 0.05) is 52.1 Å². The van der Waals surface area contributed by atoms with E-state index >= 15 is 0 Å². The number of amides is 2. The van der Waals surface area contributed by atoms with Crippen molar-refractivity contribution >= 4 is 21.8 Å². The number of piperazine rings is 1. The highest BCUT2D eigenvalue weighted by Crippen LogP contribution is 2.27. The number of hydrogen-bond donors (Lipinski definition) is 1. The standard InChI is InChI=1S/C17H27N5O4S/c1-12-16(13(2)19-18-12)27(25,26)22-6-4-15(5-7-22)17(24)21-10-8-20(9-11-21)14(3)23/h15H,4-11H2,1-3H3,(H,18,19). The minimum absolute atomic E-state index is 0.0328. The van der Waals surface area contributed by atoms with Gasteiger partial charge in [-0.25, -0.2) is 8.42 Å². The molecule has 0 aromatic carbocycles. The van der Waals surface area contributed by atoms with Crippen LogP contribution in [0.1, 0.15) is 31.2 Å². The molecular formula is C17H27N5O4S. The molecule has 0 aliphatic carbocycles. The Kier molecular flexibility index (Phi) is 5.57. The molecule has 1 aromatic heterocycles. The van der Waals surface area contributed by atoms with Crippen molar-refractivity contribution < 1.29 is 18.0 Å². The quantitative estimate of drug-likeness (QED) is 0.780. The summed E-state index contributed by atoms with van der Waals surface area (Å²) >= 11 is 0. The van der Waals surface area contributed by atoms with E-state index in [4.69, 9.17) is 0 Å². The first kappa shape index (κ1) is 19.8. The van der Waals surface area contributed by atoms with Crippen LogP contribution in [-0.2, 0) is 19.6 Å². The van der Waals surface area contributed by atoms with Gasteiger partial charge in [-0.1, -0.05) is 0 Å². The Morgan fingerprint density at radius 3 is 2.04 bits per heavy atom. The minimum atomic E-state index is -3.60. The zero-order chi connectivity index (χ0) is 19.8. The molecule has 9 nitrogen and oxygen atoms in total. The van der Waals surface area contributed by atoms with Crippen molar-refractivity contribution in [2.45, 2.75) is 38.5 Å². The van der Waals surface area contributed by atoms with Crippen molar-refractivity contribution in [3.8, 4) is 0 Å². The number of nitrogens with one attached hydrogen (secondary N) is 1. The maximum atomic E-state index is 12.9. The maximum Gasteiger partial charge on any atom is 0.246 e. The van der Waals surface area contributed by atoms with Crippen molar-refractivity contribution in [2.24, 2.45) is 5.92 Å². The fourth-order valence-corrected chi connectivity index (χ4v) is 5.69. The molecule has 1 aromatic rings. The summed E-state index contributed by atoms with van der Waals surface area (Å²) in [5.74, 6) is -0.0526. The molecule has 0 bridgehead atoms. The zero-order valence-electron chi connectivity index (χ0n) is 16.1. The molecule has 0 radical (unpaired) electrons. The molecule has 2 saturated heterocycles. The third kappa shape index (κ3) is 3.86. The van der Waals surface area contributed by atoms with Gasteiger partial charge in [-0.3, -0.25) is 14.7 Å². The highest BCUT2D eigenvalue weighted by Gasteiger charge is 2.36. The second-order valence-electron chi connectivity index (χ2n) is 7.27. The van der Waals surface area contributed by atoms with E-state index in [2.05, 4.69) is 10.2 Å². The first-order valence-electron chi connectivity index (χ1n) is 9.28. The molecule has 2 aliphatic heterocycles. The summed E-state index contributed by atoms with van der Waals surface area (Å²) in [5.41, 5.74) is 1.00. The van der Waals surface area contributed by atoms with Gasteiger partial charge in [-0.2, -0.15) is 9.40 Å². The number of H-pyrrole nitrogens is 1. The Hall–Kier alpha value is -1.94. The number of hydrogen-bond acceptors (Lipinski definition) is 5. The summed E-state index contributed by atoms with van der Waals surface area (Å²) in [6, 6.07) is 0. The van der Waals surface area contributed by atoms with Gasteiger partial charge >= 0.3 is 0 Å². The average molecular weight is 398 g/mol. The molecule has 0 spiro atoms. The van der Waals surface area contributed by atoms with Crippen LogP contribution in [0.15, 0.2) is 4.90 Å². The summed E-state index contributed by atoms with van der Waals surface area (Å²) in [6.07, 6.45) is 1.03. The van der Waals surface area contributed by atoms with Crippen molar-refractivity contribution in [1.82, 2.24) is 24.3 Å². The molecule has 3 heterocycles. The molecule has 2 fully saturated rings. The smallest absolute Gasteiger partial charge is 0.246 e. The average Bonchev–Trinajstić information content (AvgIpc) is 3.00. The lowest BCUT2D eigenvalue weighted by molar-refractivity contribution is -0.142. The largest absolute Gasteiger partial charge is 0.339 e. The monoisotopic (exact) mass is 397 g/mol. The number of carbonyl (C=O) groups excluding carboxylic acids is 2. The van der Waals surface area contributed by atoms with E-state index in [1.807, 2.05) is 0 Å². The van der Waals surface area contributed by atoms with Crippen molar-refractivity contribution in [2.75, 3.05) is 39.3 Å². The van der Waals surface area contributed by atoms with Crippen LogP contribution in [0.25, 0.3) is 0 Å². The first-order valence-corrected chi connectivity index (χ1v) is 10.7. The number of carbonyl (C=O) groups is 2. The highest BCUT2D eigenvalue weighted by atomic mass is 32.2. The molecule has 1 N–H and O–H groups in total. The van der Waals surface area contributed by atoms with E-state index < -0.39 is 10.0 Å². The summed E-state index contributed by atoms with van der Waals surface area (Å²) in [7, 11) is -3.60. The maximum absolute atomic E-state index is 12.9. The zero-order valence-corrected chi connectivity index (χ0v) is 16.9. The summed E-state index contributed by atoms with van der Waals surface area (Å²) < 4.78 is 27.3. The van der Waals surface area contributed by atoms with Crippen LogP contribution in [0.2, 0.25) is 0 Å².